The first-order chi connectivity index (χ1) is 24.0. The third kappa shape index (κ3) is 6.83. The number of halogens is 1. The number of likely N-dealkylation sites (tertiary alicyclic amines) is 1. The monoisotopic (exact) mass is 690 g/mol. The van der Waals surface area contributed by atoms with Gasteiger partial charge >= 0.3 is 6.01 Å². The van der Waals surface area contributed by atoms with E-state index in [-0.39, 0.29) is 29.2 Å². The molecule has 7 nitrogen and oxygen atoms in total. The Hall–Kier alpha value is -4.05. The fourth-order valence-corrected chi connectivity index (χ4v) is 13.9. The van der Waals surface area contributed by atoms with Gasteiger partial charge in [0.2, 0.25) is 6.54 Å². The number of aromatic nitrogens is 3. The van der Waals surface area contributed by atoms with Crippen LogP contribution < -0.4 is 9.64 Å². The van der Waals surface area contributed by atoms with Crippen LogP contribution in [0, 0.1) is 29.8 Å². The highest BCUT2D eigenvalue weighted by Gasteiger charge is 2.41. The maximum atomic E-state index is 17.1. The van der Waals surface area contributed by atoms with Crippen LogP contribution in [-0.4, -0.2) is 73.8 Å². The molecule has 50 heavy (non-hydrogen) atoms. The molecular weight excluding hydrogens is 640 g/mol. The Morgan fingerprint density at radius 3 is 2.40 bits per heavy atom. The Balaban J connectivity index is 1.50. The second-order valence-electron chi connectivity index (χ2n) is 15.3. The molecule has 0 N–H and O–H groups in total. The minimum absolute atomic E-state index is 0.179. The average molecular weight is 691 g/mol. The van der Waals surface area contributed by atoms with Gasteiger partial charge in [0, 0.05) is 47.8 Å². The molecule has 2 saturated heterocycles. The van der Waals surface area contributed by atoms with Gasteiger partial charge in [-0.25, -0.2) is 11.0 Å². The molecule has 9 heteroatoms. The van der Waals surface area contributed by atoms with Crippen LogP contribution in [0.2, 0.25) is 16.6 Å². The average Bonchev–Trinajstić information content (AvgIpc) is 3.51. The van der Waals surface area contributed by atoms with E-state index in [2.05, 4.69) is 92.9 Å². The van der Waals surface area contributed by atoms with Crippen LogP contribution in [0.4, 0.5) is 10.2 Å². The number of hydrogen-bond donors (Lipinski definition) is 0. The van der Waals surface area contributed by atoms with Crippen LogP contribution >= 0.6 is 0 Å². The van der Waals surface area contributed by atoms with Gasteiger partial charge in [0.15, 0.2) is 5.82 Å². The molecule has 2 fully saturated rings. The van der Waals surface area contributed by atoms with Crippen molar-refractivity contribution in [1.82, 2.24) is 19.9 Å². The fourth-order valence-electron chi connectivity index (χ4n) is 8.66. The molecule has 0 aliphatic carbocycles. The summed E-state index contributed by atoms with van der Waals surface area (Å²) in [7, 11) is 0.0980. The zero-order chi connectivity index (χ0) is 35.6. The lowest BCUT2D eigenvalue weighted by molar-refractivity contribution is 0.188. The zero-order valence-corrected chi connectivity index (χ0v) is 31.8. The molecule has 4 heterocycles. The summed E-state index contributed by atoms with van der Waals surface area (Å²) >= 11 is 0. The highest BCUT2D eigenvalue weighted by atomic mass is 28.3. The summed E-state index contributed by atoms with van der Waals surface area (Å²) in [4.78, 5) is 22.5. The molecular formula is C41H51FN6OSi. The maximum Gasteiger partial charge on any atom is 0.319 e. The second kappa shape index (κ2) is 15.0. The molecule has 2 aromatic carbocycles. The Morgan fingerprint density at radius 2 is 1.72 bits per heavy atom. The SMILES string of the molecule is [C-]#[N+]C[C@@H]1CCCN(c2nc(OC[C@@H]3CCCN3C)nc3c(F)c(-c4cccc5cccc(C#C[Si](C(C)C)(C(C)C)C(C)C)c45)ncc23)C1. The van der Waals surface area contributed by atoms with Crippen molar-refractivity contribution in [2.45, 2.75) is 89.9 Å². The smallest absolute Gasteiger partial charge is 0.319 e. The number of benzene rings is 2. The molecule has 262 valence electrons. The van der Waals surface area contributed by atoms with Crippen molar-refractivity contribution in [2.24, 2.45) is 5.92 Å². The van der Waals surface area contributed by atoms with Crippen molar-refractivity contribution >= 4 is 35.6 Å². The van der Waals surface area contributed by atoms with E-state index < -0.39 is 13.9 Å². The topological polar surface area (TPSA) is 58.7 Å². The number of anilines is 1. The third-order valence-electron chi connectivity index (χ3n) is 11.3. The first kappa shape index (κ1) is 35.8. The van der Waals surface area contributed by atoms with Crippen LogP contribution in [0.5, 0.6) is 6.01 Å². The normalized spacial score (nSPS) is 18.6. The number of fused-ring (bicyclic) bond motifs is 2. The number of likely N-dealkylation sites (N-methyl/N-ethyl adjacent to an activating group) is 1. The van der Waals surface area contributed by atoms with E-state index in [0.717, 1.165) is 55.1 Å². The molecule has 6 rings (SSSR count). The molecule has 0 saturated carbocycles. The Kier molecular flexibility index (Phi) is 10.8. The number of pyridine rings is 1. The lowest BCUT2D eigenvalue weighted by Gasteiger charge is -2.38. The van der Waals surface area contributed by atoms with Crippen LogP contribution in [0.3, 0.4) is 0 Å². The summed E-state index contributed by atoms with van der Waals surface area (Å²) in [5.41, 5.74) is 7.41. The summed E-state index contributed by atoms with van der Waals surface area (Å²) in [6, 6.07) is 12.6. The van der Waals surface area contributed by atoms with E-state index in [0.29, 0.717) is 53.1 Å². The number of hydrogen-bond acceptors (Lipinski definition) is 6. The predicted molar refractivity (Wildman–Crippen MR) is 206 cm³/mol. The highest BCUT2D eigenvalue weighted by Crippen LogP contribution is 2.41. The van der Waals surface area contributed by atoms with Gasteiger partial charge in [0.05, 0.1) is 5.39 Å². The standard InChI is InChI=1S/C41H51FN6OSi/c1-27(2)50(28(3)4,29(5)6)22-19-32-15-9-14-31-16-10-18-34(36(31)32)38-37(42)39-35(24-44-38)40(48-21-11-13-30(25-48)23-43-7)46-41(45-39)49-26-33-17-12-20-47(33)8/h9-10,14-16,18,24,27-30,33H,11-13,17,20-21,23,25-26H2,1-6,8H3/t30-,33-/m0/s1. The molecule has 2 atom stereocenters. The Bertz CT molecular complexity index is 1930. The molecule has 2 aliphatic rings. The third-order valence-corrected chi connectivity index (χ3v) is 17.6. The summed E-state index contributed by atoms with van der Waals surface area (Å²) in [5.74, 6) is 4.01. The lowest BCUT2D eigenvalue weighted by Crippen LogP contribution is -2.43. The summed E-state index contributed by atoms with van der Waals surface area (Å²) in [6.45, 7) is 24.7. The molecule has 2 aliphatic heterocycles. The zero-order valence-electron chi connectivity index (χ0n) is 30.8. The number of piperidine rings is 1. The fraction of sp³-hybridized carbons (Fsp3) is 0.512. The molecule has 0 amide bonds. The number of rotatable bonds is 9. The second-order valence-corrected chi connectivity index (χ2v) is 20.8. The minimum atomic E-state index is -2.01. The highest BCUT2D eigenvalue weighted by molar-refractivity contribution is 6.90. The van der Waals surface area contributed by atoms with E-state index in [1.807, 2.05) is 18.2 Å². The van der Waals surface area contributed by atoms with Crippen molar-refractivity contribution in [3.63, 3.8) is 0 Å². The van der Waals surface area contributed by atoms with Crippen molar-refractivity contribution in [3.8, 4) is 28.7 Å². The molecule has 0 spiro atoms. The van der Waals surface area contributed by atoms with Gasteiger partial charge < -0.3 is 19.4 Å². The van der Waals surface area contributed by atoms with Crippen molar-refractivity contribution < 1.29 is 9.13 Å². The van der Waals surface area contributed by atoms with Crippen LogP contribution in [0.15, 0.2) is 42.6 Å². The van der Waals surface area contributed by atoms with Crippen LogP contribution in [-0.2, 0) is 0 Å². The van der Waals surface area contributed by atoms with Crippen molar-refractivity contribution in [1.29, 1.82) is 0 Å². The molecule has 0 unspecified atom stereocenters. The van der Waals surface area contributed by atoms with Crippen LogP contribution in [0.25, 0.3) is 37.8 Å². The minimum Gasteiger partial charge on any atom is -0.462 e. The Morgan fingerprint density at radius 1 is 1.00 bits per heavy atom. The van der Waals surface area contributed by atoms with E-state index >= 15 is 4.39 Å². The lowest BCUT2D eigenvalue weighted by atomic mass is 9.96. The Labute approximate surface area is 298 Å². The van der Waals surface area contributed by atoms with Gasteiger partial charge in [-0.3, -0.25) is 4.98 Å². The van der Waals surface area contributed by atoms with Gasteiger partial charge in [-0.1, -0.05) is 77.8 Å². The summed E-state index contributed by atoms with van der Waals surface area (Å²) in [5, 5.41) is 2.45. The first-order valence-electron chi connectivity index (χ1n) is 18.4. The largest absolute Gasteiger partial charge is 0.462 e. The van der Waals surface area contributed by atoms with Gasteiger partial charge in [-0.15, -0.1) is 5.54 Å². The van der Waals surface area contributed by atoms with Gasteiger partial charge in [-0.05, 0) is 67.4 Å². The molecule has 0 radical (unpaired) electrons. The molecule has 4 aromatic rings. The van der Waals surface area contributed by atoms with E-state index in [9.17, 15) is 0 Å². The molecule has 0 bridgehead atoms. The predicted octanol–water partition coefficient (Wildman–Crippen LogP) is 9.16. The molecule has 2 aromatic heterocycles. The summed E-state index contributed by atoms with van der Waals surface area (Å²) < 4.78 is 23.4. The number of nitrogens with zero attached hydrogens (tertiary/aromatic N) is 6. The quantitative estimate of drug-likeness (QED) is 0.0992. The van der Waals surface area contributed by atoms with Crippen LogP contribution in [0.1, 0.15) is 72.8 Å². The first-order valence-corrected chi connectivity index (χ1v) is 20.6. The van der Waals surface area contributed by atoms with Gasteiger partial charge in [0.25, 0.3) is 0 Å². The van der Waals surface area contributed by atoms with Gasteiger partial charge in [-0.2, -0.15) is 9.97 Å². The van der Waals surface area contributed by atoms with E-state index in [1.54, 1.807) is 6.20 Å². The van der Waals surface area contributed by atoms with Crippen molar-refractivity contribution in [3.05, 3.63) is 65.4 Å². The van der Waals surface area contributed by atoms with E-state index in [4.69, 9.17) is 26.3 Å². The number of ether oxygens (including phenoxy) is 1. The van der Waals surface area contributed by atoms with E-state index in [1.165, 1.54) is 0 Å². The van der Waals surface area contributed by atoms with Crippen molar-refractivity contribution in [2.75, 3.05) is 44.7 Å². The summed E-state index contributed by atoms with van der Waals surface area (Å²) in [6.07, 6.45) is 5.83. The van der Waals surface area contributed by atoms with Gasteiger partial charge in [0.1, 0.15) is 31.7 Å². The maximum absolute atomic E-state index is 17.1.